The third-order valence-electron chi connectivity index (χ3n) is 1.09. The van der Waals surface area contributed by atoms with Crippen molar-refractivity contribution in [2.45, 2.75) is 20.3 Å². The van der Waals surface area contributed by atoms with Crippen molar-refractivity contribution in [1.29, 1.82) is 0 Å². The summed E-state index contributed by atoms with van der Waals surface area (Å²) >= 11 is 0. The first-order valence-electron chi connectivity index (χ1n) is 3.67. The van der Waals surface area contributed by atoms with Crippen molar-refractivity contribution in [3.05, 3.63) is 11.8 Å². The SMILES string of the molecule is CCC=C(O[SiH3])C(=O)OCC. The summed E-state index contributed by atoms with van der Waals surface area (Å²) in [5.41, 5.74) is 0. The van der Waals surface area contributed by atoms with E-state index in [1.807, 2.05) is 6.92 Å². The molecule has 0 aromatic heterocycles. The maximum absolute atomic E-state index is 11.0. The number of hydrogen-bond donors (Lipinski definition) is 0. The molecule has 0 atom stereocenters. The van der Waals surface area contributed by atoms with Gasteiger partial charge in [-0.1, -0.05) is 6.92 Å². The van der Waals surface area contributed by atoms with Gasteiger partial charge in [0.25, 0.3) is 0 Å². The molecule has 0 heterocycles. The normalized spacial score (nSPS) is 11.3. The Labute approximate surface area is 69.9 Å². The van der Waals surface area contributed by atoms with Gasteiger partial charge in [0.05, 0.1) is 6.61 Å². The molecule has 0 saturated heterocycles. The maximum Gasteiger partial charge on any atom is 0.371 e. The Morgan fingerprint density at radius 2 is 2.18 bits per heavy atom. The average molecular weight is 174 g/mol. The number of esters is 1. The second-order valence-electron chi connectivity index (χ2n) is 1.90. The van der Waals surface area contributed by atoms with Crippen LogP contribution in [0.15, 0.2) is 11.8 Å². The molecule has 0 aliphatic carbocycles. The molecule has 0 bridgehead atoms. The highest BCUT2D eigenvalue weighted by molar-refractivity contribution is 6.02. The van der Waals surface area contributed by atoms with Crippen LogP contribution < -0.4 is 0 Å². The molecule has 4 heteroatoms. The van der Waals surface area contributed by atoms with Crippen LogP contribution in [0.4, 0.5) is 0 Å². The largest absolute Gasteiger partial charge is 0.549 e. The van der Waals surface area contributed by atoms with Gasteiger partial charge in [0.1, 0.15) is 0 Å². The van der Waals surface area contributed by atoms with E-state index in [0.717, 1.165) is 6.42 Å². The minimum absolute atomic E-state index is 0.348. The summed E-state index contributed by atoms with van der Waals surface area (Å²) in [5.74, 6) is -0.00892. The van der Waals surface area contributed by atoms with Crippen LogP contribution in [0.3, 0.4) is 0 Å². The van der Waals surface area contributed by atoms with Crippen molar-refractivity contribution in [2.75, 3.05) is 6.61 Å². The number of carbonyl (C=O) groups excluding carboxylic acids is 1. The molecule has 11 heavy (non-hydrogen) atoms. The van der Waals surface area contributed by atoms with E-state index >= 15 is 0 Å². The zero-order valence-electron chi connectivity index (χ0n) is 7.22. The van der Waals surface area contributed by atoms with Crippen molar-refractivity contribution in [3.8, 4) is 0 Å². The van der Waals surface area contributed by atoms with Crippen LogP contribution in [0.5, 0.6) is 0 Å². The minimum Gasteiger partial charge on any atom is -0.549 e. The summed E-state index contributed by atoms with van der Waals surface area (Å²) < 4.78 is 9.67. The Hall–Kier alpha value is -0.773. The lowest BCUT2D eigenvalue weighted by Crippen LogP contribution is -2.09. The molecule has 3 nitrogen and oxygen atoms in total. The van der Waals surface area contributed by atoms with Gasteiger partial charge in [-0.15, -0.1) is 0 Å². The summed E-state index contributed by atoms with van der Waals surface area (Å²) in [6.45, 7) is 4.11. The summed E-state index contributed by atoms with van der Waals surface area (Å²) in [4.78, 5) is 11.0. The molecule has 0 aliphatic rings. The summed E-state index contributed by atoms with van der Waals surface area (Å²) in [7, 11) is 0.522. The van der Waals surface area contributed by atoms with Crippen LogP contribution in [0.2, 0.25) is 0 Å². The van der Waals surface area contributed by atoms with Crippen LogP contribution in [0.25, 0.3) is 0 Å². The molecular weight excluding hydrogens is 160 g/mol. The smallest absolute Gasteiger partial charge is 0.371 e. The van der Waals surface area contributed by atoms with Crippen LogP contribution >= 0.6 is 0 Å². The van der Waals surface area contributed by atoms with Crippen LogP contribution in [-0.2, 0) is 14.0 Å². The van der Waals surface area contributed by atoms with Crippen LogP contribution in [0.1, 0.15) is 20.3 Å². The van der Waals surface area contributed by atoms with Gasteiger partial charge < -0.3 is 9.16 Å². The predicted molar refractivity (Wildman–Crippen MR) is 46.0 cm³/mol. The zero-order valence-corrected chi connectivity index (χ0v) is 9.22. The maximum atomic E-state index is 11.0. The summed E-state index contributed by atoms with van der Waals surface area (Å²) in [5, 5.41) is 0. The van der Waals surface area contributed by atoms with Gasteiger partial charge in [-0.05, 0) is 19.4 Å². The highest BCUT2D eigenvalue weighted by Crippen LogP contribution is 1.99. The monoisotopic (exact) mass is 174 g/mol. The first-order valence-corrected chi connectivity index (χ1v) is 4.49. The highest BCUT2D eigenvalue weighted by atomic mass is 28.2. The van der Waals surface area contributed by atoms with E-state index in [-0.39, 0.29) is 5.97 Å². The van der Waals surface area contributed by atoms with Gasteiger partial charge in [-0.2, -0.15) is 0 Å². The summed E-state index contributed by atoms with van der Waals surface area (Å²) in [6.07, 6.45) is 2.52. The molecule has 0 fully saturated rings. The third-order valence-corrected chi connectivity index (χ3v) is 1.53. The zero-order chi connectivity index (χ0) is 8.69. The number of hydrogen-bond acceptors (Lipinski definition) is 3. The minimum atomic E-state index is -0.357. The fourth-order valence-electron chi connectivity index (χ4n) is 0.638. The van der Waals surface area contributed by atoms with E-state index in [1.165, 1.54) is 0 Å². The quantitative estimate of drug-likeness (QED) is 0.263. The molecule has 0 aromatic carbocycles. The van der Waals surface area contributed by atoms with E-state index in [1.54, 1.807) is 13.0 Å². The fraction of sp³-hybridized carbons (Fsp3) is 0.571. The van der Waals surface area contributed by atoms with Crippen molar-refractivity contribution >= 4 is 16.5 Å². The van der Waals surface area contributed by atoms with E-state index in [9.17, 15) is 4.79 Å². The van der Waals surface area contributed by atoms with Gasteiger partial charge >= 0.3 is 5.97 Å². The Morgan fingerprint density at radius 1 is 1.55 bits per heavy atom. The molecule has 0 N–H and O–H groups in total. The standard InChI is InChI=1S/C7H14O3Si/c1-3-5-6(10-11)7(8)9-4-2/h5H,3-4H2,1-2,11H3. The third kappa shape index (κ3) is 3.82. The molecule has 0 aromatic rings. The van der Waals surface area contributed by atoms with Crippen molar-refractivity contribution in [3.63, 3.8) is 0 Å². The lowest BCUT2D eigenvalue weighted by Gasteiger charge is -2.04. The van der Waals surface area contributed by atoms with Crippen molar-refractivity contribution in [1.82, 2.24) is 0 Å². The molecule has 0 spiro atoms. The second kappa shape index (κ2) is 5.97. The first kappa shape index (κ1) is 10.2. The Bertz CT molecular complexity index is 154. The molecular formula is C7H14O3Si. The lowest BCUT2D eigenvalue weighted by molar-refractivity contribution is -0.140. The average Bonchev–Trinajstić information content (AvgIpc) is 2.00. The summed E-state index contributed by atoms with van der Waals surface area (Å²) in [6, 6.07) is 0. The van der Waals surface area contributed by atoms with E-state index in [2.05, 4.69) is 0 Å². The topological polar surface area (TPSA) is 35.5 Å². The molecule has 0 rings (SSSR count). The van der Waals surface area contributed by atoms with E-state index in [4.69, 9.17) is 9.16 Å². The molecule has 0 unspecified atom stereocenters. The van der Waals surface area contributed by atoms with E-state index in [0.29, 0.717) is 22.9 Å². The Kier molecular flexibility index (Phi) is 5.55. The number of carbonyl (C=O) groups is 1. The molecule has 64 valence electrons. The molecule has 0 saturated carbocycles. The fourth-order valence-corrected chi connectivity index (χ4v) is 0.971. The Morgan fingerprint density at radius 3 is 2.55 bits per heavy atom. The number of rotatable bonds is 4. The van der Waals surface area contributed by atoms with Gasteiger partial charge in [0.15, 0.2) is 5.76 Å². The number of ether oxygens (including phenoxy) is 1. The Balaban J connectivity index is 4.03. The van der Waals surface area contributed by atoms with E-state index < -0.39 is 0 Å². The van der Waals surface area contributed by atoms with Gasteiger partial charge in [-0.25, -0.2) is 4.79 Å². The second-order valence-corrected chi connectivity index (χ2v) is 2.31. The van der Waals surface area contributed by atoms with Crippen LogP contribution in [0, 0.1) is 0 Å². The van der Waals surface area contributed by atoms with Gasteiger partial charge in [0.2, 0.25) is 10.5 Å². The predicted octanol–water partition coefficient (Wildman–Crippen LogP) is 0.140. The van der Waals surface area contributed by atoms with Crippen LogP contribution in [-0.4, -0.2) is 23.1 Å². The molecule has 0 amide bonds. The van der Waals surface area contributed by atoms with Gasteiger partial charge in [-0.3, -0.25) is 0 Å². The molecule has 0 radical (unpaired) electrons. The lowest BCUT2D eigenvalue weighted by atomic mass is 10.4. The molecule has 0 aliphatic heterocycles. The van der Waals surface area contributed by atoms with Gasteiger partial charge in [0, 0.05) is 0 Å². The first-order chi connectivity index (χ1) is 5.26. The number of allylic oxidation sites excluding steroid dienone is 1. The van der Waals surface area contributed by atoms with Crippen molar-refractivity contribution < 1.29 is 14.0 Å². The highest BCUT2D eigenvalue weighted by Gasteiger charge is 2.07. The van der Waals surface area contributed by atoms with Crippen molar-refractivity contribution in [2.24, 2.45) is 0 Å².